The summed E-state index contributed by atoms with van der Waals surface area (Å²) in [7, 11) is -3.82. The van der Waals surface area contributed by atoms with Gasteiger partial charge in [0.15, 0.2) is 5.78 Å². The van der Waals surface area contributed by atoms with Crippen LogP contribution >= 0.6 is 23.2 Å². The number of benzene rings is 4. The maximum absolute atomic E-state index is 13.1. The third-order valence-electron chi connectivity index (χ3n) is 4.71. The molecule has 0 aliphatic carbocycles. The van der Waals surface area contributed by atoms with Gasteiger partial charge in [-0.2, -0.15) is 0 Å². The van der Waals surface area contributed by atoms with Gasteiger partial charge in [-0.15, -0.1) is 0 Å². The zero-order chi connectivity index (χ0) is 22.7. The Morgan fingerprint density at radius 2 is 1.16 bits per heavy atom. The number of hydrogen-bond acceptors (Lipinski definition) is 4. The Kier molecular flexibility index (Phi) is 6.33. The Hall–Kier alpha value is -3.12. The molecule has 0 heterocycles. The van der Waals surface area contributed by atoms with Crippen LogP contribution in [0.3, 0.4) is 0 Å². The van der Waals surface area contributed by atoms with Crippen molar-refractivity contribution in [3.8, 4) is 11.5 Å². The first kappa shape index (κ1) is 22.1. The van der Waals surface area contributed by atoms with Crippen LogP contribution in [0.4, 0.5) is 0 Å². The lowest BCUT2D eigenvalue weighted by molar-refractivity contribution is 0.103. The van der Waals surface area contributed by atoms with Gasteiger partial charge in [0, 0.05) is 21.2 Å². The Morgan fingerprint density at radius 1 is 0.656 bits per heavy atom. The molecule has 0 bridgehead atoms. The fourth-order valence-corrected chi connectivity index (χ4v) is 4.70. The lowest BCUT2D eigenvalue weighted by atomic mass is 10.0. The second-order valence-electron chi connectivity index (χ2n) is 6.87. The molecule has 0 aliphatic heterocycles. The lowest BCUT2D eigenvalue weighted by Crippen LogP contribution is -2.04. The number of sulfone groups is 1. The highest BCUT2D eigenvalue weighted by atomic mass is 35.5. The van der Waals surface area contributed by atoms with Crippen molar-refractivity contribution in [1.82, 2.24) is 0 Å². The second kappa shape index (κ2) is 9.17. The summed E-state index contributed by atoms with van der Waals surface area (Å²) < 4.78 is 32.1. The summed E-state index contributed by atoms with van der Waals surface area (Å²) in [5.41, 5.74) is 0.990. The molecule has 0 atom stereocenters. The first-order valence-corrected chi connectivity index (χ1v) is 11.8. The Balaban J connectivity index is 1.60. The van der Waals surface area contributed by atoms with E-state index in [4.69, 9.17) is 27.9 Å². The van der Waals surface area contributed by atoms with E-state index in [1.807, 2.05) is 0 Å². The molecule has 4 rings (SSSR count). The lowest BCUT2D eigenvalue weighted by Gasteiger charge is -2.12. The van der Waals surface area contributed by atoms with Crippen molar-refractivity contribution in [1.29, 1.82) is 0 Å². The van der Waals surface area contributed by atoms with Gasteiger partial charge >= 0.3 is 0 Å². The molecule has 4 nitrogen and oxygen atoms in total. The van der Waals surface area contributed by atoms with Crippen LogP contribution in [0.25, 0.3) is 0 Å². The molecule has 0 N–H and O–H groups in total. The summed E-state index contributed by atoms with van der Waals surface area (Å²) in [5.74, 6) is 0.426. The molecule has 0 saturated heterocycles. The summed E-state index contributed by atoms with van der Waals surface area (Å²) >= 11 is 11.8. The number of carbonyl (C=O) groups excluding carboxylic acids is 1. The van der Waals surface area contributed by atoms with Gasteiger partial charge in [-0.3, -0.25) is 4.79 Å². The van der Waals surface area contributed by atoms with Gasteiger partial charge in [-0.05, 0) is 84.9 Å². The summed E-state index contributed by atoms with van der Waals surface area (Å²) in [4.78, 5) is 12.8. The monoisotopic (exact) mass is 482 g/mol. The smallest absolute Gasteiger partial charge is 0.210 e. The zero-order valence-electron chi connectivity index (χ0n) is 16.5. The molecule has 0 radical (unpaired) electrons. The number of rotatable bonds is 6. The topological polar surface area (TPSA) is 60.4 Å². The quantitative estimate of drug-likeness (QED) is 0.282. The van der Waals surface area contributed by atoms with E-state index < -0.39 is 9.84 Å². The van der Waals surface area contributed by atoms with Crippen molar-refractivity contribution >= 4 is 38.8 Å². The molecule has 0 aliphatic rings. The van der Waals surface area contributed by atoms with E-state index in [1.54, 1.807) is 66.7 Å². The van der Waals surface area contributed by atoms with E-state index in [-0.39, 0.29) is 21.3 Å². The van der Waals surface area contributed by atoms with Gasteiger partial charge in [0.1, 0.15) is 16.4 Å². The minimum Gasteiger partial charge on any atom is -0.456 e. The van der Waals surface area contributed by atoms with E-state index in [2.05, 4.69) is 0 Å². The predicted molar refractivity (Wildman–Crippen MR) is 125 cm³/mol. The first-order valence-electron chi connectivity index (χ1n) is 9.52. The van der Waals surface area contributed by atoms with Gasteiger partial charge in [0.25, 0.3) is 0 Å². The summed E-state index contributed by atoms with van der Waals surface area (Å²) in [6, 6.07) is 25.5. The van der Waals surface area contributed by atoms with Crippen LogP contribution < -0.4 is 4.74 Å². The molecule has 0 unspecified atom stereocenters. The third kappa shape index (κ3) is 4.70. The molecule has 4 aromatic carbocycles. The van der Waals surface area contributed by atoms with E-state index in [0.29, 0.717) is 26.9 Å². The minimum absolute atomic E-state index is 0.0311. The Morgan fingerprint density at radius 3 is 1.75 bits per heavy atom. The minimum atomic E-state index is -3.82. The van der Waals surface area contributed by atoms with Crippen molar-refractivity contribution in [2.45, 2.75) is 9.79 Å². The standard InChI is InChI=1S/C25H16Cl2O4S/c26-19-9-5-17(6-10-19)25(28)18-7-13-21(14-8-18)31-23-3-1-2-4-24(23)32(29,30)22-15-11-20(27)12-16-22/h1-16H. The molecule has 160 valence electrons. The molecule has 0 saturated carbocycles. The van der Waals surface area contributed by atoms with E-state index in [9.17, 15) is 13.2 Å². The van der Waals surface area contributed by atoms with Crippen molar-refractivity contribution in [3.05, 3.63) is 118 Å². The number of carbonyl (C=O) groups is 1. The largest absolute Gasteiger partial charge is 0.456 e. The van der Waals surface area contributed by atoms with Crippen molar-refractivity contribution < 1.29 is 17.9 Å². The number of hydrogen-bond donors (Lipinski definition) is 0. The van der Waals surface area contributed by atoms with E-state index in [0.717, 1.165) is 0 Å². The fourth-order valence-electron chi connectivity index (χ4n) is 3.07. The van der Waals surface area contributed by atoms with Crippen LogP contribution in [0, 0.1) is 0 Å². The van der Waals surface area contributed by atoms with Crippen LogP contribution in [0.15, 0.2) is 107 Å². The van der Waals surface area contributed by atoms with Gasteiger partial charge in [0.05, 0.1) is 4.90 Å². The molecule has 32 heavy (non-hydrogen) atoms. The number of halogens is 2. The second-order valence-corrected chi connectivity index (χ2v) is 9.66. The SMILES string of the molecule is O=C(c1ccc(Cl)cc1)c1ccc(Oc2ccccc2S(=O)(=O)c2ccc(Cl)cc2)cc1. The molecule has 7 heteroatoms. The molecule has 0 spiro atoms. The molecule has 0 aromatic heterocycles. The average Bonchev–Trinajstić information content (AvgIpc) is 2.80. The zero-order valence-corrected chi connectivity index (χ0v) is 18.9. The summed E-state index contributed by atoms with van der Waals surface area (Å²) in [5, 5.41) is 0.999. The van der Waals surface area contributed by atoms with Crippen molar-refractivity contribution in [3.63, 3.8) is 0 Å². The number of ether oxygens (including phenoxy) is 1. The Bertz CT molecular complexity index is 1360. The number of ketones is 1. The van der Waals surface area contributed by atoms with Crippen molar-refractivity contribution in [2.75, 3.05) is 0 Å². The highest BCUT2D eigenvalue weighted by molar-refractivity contribution is 7.91. The molecule has 4 aromatic rings. The van der Waals surface area contributed by atoms with Crippen LogP contribution in [0.5, 0.6) is 11.5 Å². The maximum atomic E-state index is 13.1. The van der Waals surface area contributed by atoms with Gasteiger partial charge in [0.2, 0.25) is 9.84 Å². The van der Waals surface area contributed by atoms with Crippen LogP contribution in [-0.4, -0.2) is 14.2 Å². The molecular weight excluding hydrogens is 467 g/mol. The molecular formula is C25H16Cl2O4S. The Labute approximate surface area is 195 Å². The number of para-hydroxylation sites is 1. The van der Waals surface area contributed by atoms with Gasteiger partial charge < -0.3 is 4.74 Å². The van der Waals surface area contributed by atoms with Gasteiger partial charge in [-0.1, -0.05) is 35.3 Å². The molecule has 0 fully saturated rings. The molecule has 0 amide bonds. The first-order chi connectivity index (χ1) is 15.3. The highest BCUT2D eigenvalue weighted by Gasteiger charge is 2.22. The fraction of sp³-hybridized carbons (Fsp3) is 0. The summed E-state index contributed by atoms with van der Waals surface area (Å²) in [6.07, 6.45) is 0. The van der Waals surface area contributed by atoms with E-state index in [1.165, 1.54) is 30.3 Å². The van der Waals surface area contributed by atoms with Gasteiger partial charge in [-0.25, -0.2) is 8.42 Å². The average molecular weight is 483 g/mol. The maximum Gasteiger partial charge on any atom is 0.210 e. The van der Waals surface area contributed by atoms with Crippen LogP contribution in [0.2, 0.25) is 10.0 Å². The van der Waals surface area contributed by atoms with Crippen LogP contribution in [0.1, 0.15) is 15.9 Å². The highest BCUT2D eigenvalue weighted by Crippen LogP contribution is 2.33. The predicted octanol–water partition coefficient (Wildman–Crippen LogP) is 6.85. The van der Waals surface area contributed by atoms with E-state index >= 15 is 0 Å². The van der Waals surface area contributed by atoms with Crippen molar-refractivity contribution in [2.24, 2.45) is 0 Å². The summed E-state index contributed by atoms with van der Waals surface area (Å²) in [6.45, 7) is 0. The third-order valence-corrected chi connectivity index (χ3v) is 7.03. The van der Waals surface area contributed by atoms with Crippen LogP contribution in [-0.2, 0) is 9.84 Å². The normalized spacial score (nSPS) is 11.2.